The monoisotopic (exact) mass is 366 g/mol. The van der Waals surface area contributed by atoms with Crippen LogP contribution < -0.4 is 0 Å². The highest BCUT2D eigenvalue weighted by Gasteiger charge is 2.61. The van der Waals surface area contributed by atoms with Crippen LogP contribution in [0.25, 0.3) is 0 Å². The first-order chi connectivity index (χ1) is 6.21. The van der Waals surface area contributed by atoms with Gasteiger partial charge in [-0.15, -0.1) is 0 Å². The molecular formula is C4Cl7F3O. The summed E-state index contributed by atoms with van der Waals surface area (Å²) in [4.78, 5) is 0. The quantitative estimate of drug-likeness (QED) is 0.619. The molecule has 1 atom stereocenters. The van der Waals surface area contributed by atoms with Crippen LogP contribution in [0, 0.1) is 0 Å². The van der Waals surface area contributed by atoms with Gasteiger partial charge in [-0.3, -0.25) is 4.74 Å². The molecule has 11 heteroatoms. The maximum Gasteiger partial charge on any atom is 0.352 e. The van der Waals surface area contributed by atoms with Gasteiger partial charge in [0.25, 0.3) is 4.52 Å². The van der Waals surface area contributed by atoms with Crippen molar-refractivity contribution < 1.29 is 17.9 Å². The van der Waals surface area contributed by atoms with E-state index in [1.807, 2.05) is 0 Å². The topological polar surface area (TPSA) is 9.23 Å². The van der Waals surface area contributed by atoms with Crippen LogP contribution in [0.4, 0.5) is 13.2 Å². The molecule has 0 heterocycles. The van der Waals surface area contributed by atoms with Gasteiger partial charge in [0.15, 0.2) is 0 Å². The average molecular weight is 369 g/mol. The molecule has 0 amide bonds. The van der Waals surface area contributed by atoms with Crippen LogP contribution in [0.3, 0.4) is 0 Å². The van der Waals surface area contributed by atoms with E-state index in [0.717, 1.165) is 0 Å². The van der Waals surface area contributed by atoms with Gasteiger partial charge in [0.1, 0.15) is 0 Å². The Morgan fingerprint density at radius 1 is 0.667 bits per heavy atom. The van der Waals surface area contributed by atoms with Crippen molar-refractivity contribution >= 4 is 81.2 Å². The third kappa shape index (κ3) is 4.51. The molecule has 0 N–H and O–H groups in total. The summed E-state index contributed by atoms with van der Waals surface area (Å²) < 4.78 is 31.8. The molecule has 0 aromatic rings. The molecule has 0 rings (SSSR count). The molecule has 0 saturated carbocycles. The van der Waals surface area contributed by atoms with Crippen molar-refractivity contribution in [2.75, 3.05) is 0 Å². The van der Waals surface area contributed by atoms with Crippen molar-refractivity contribution in [2.24, 2.45) is 0 Å². The van der Waals surface area contributed by atoms with E-state index in [-0.39, 0.29) is 0 Å². The fraction of sp³-hybridized carbons (Fsp3) is 1.00. The van der Waals surface area contributed by atoms with Crippen molar-refractivity contribution in [1.82, 2.24) is 0 Å². The SMILES string of the molecule is FC(Cl)(Cl)C(F)(Cl)OC(Cl)(Cl)C(F)(Cl)Cl. The van der Waals surface area contributed by atoms with Gasteiger partial charge >= 0.3 is 14.5 Å². The Hall–Kier alpha value is 1.78. The number of hydrogen-bond donors (Lipinski definition) is 0. The van der Waals surface area contributed by atoms with Crippen LogP contribution in [0.1, 0.15) is 0 Å². The minimum absolute atomic E-state index is 3.23. The van der Waals surface area contributed by atoms with E-state index < -0.39 is 19.0 Å². The van der Waals surface area contributed by atoms with E-state index in [0.29, 0.717) is 0 Å². The highest BCUT2D eigenvalue weighted by Crippen LogP contribution is 2.52. The first-order valence-corrected chi connectivity index (χ1v) is 5.44. The van der Waals surface area contributed by atoms with Gasteiger partial charge in [0, 0.05) is 0 Å². The molecule has 0 bridgehead atoms. The van der Waals surface area contributed by atoms with E-state index in [1.54, 1.807) is 0 Å². The lowest BCUT2D eigenvalue weighted by Gasteiger charge is -2.33. The largest absolute Gasteiger partial charge is 0.352 e. The van der Waals surface area contributed by atoms with Crippen LogP contribution in [-0.4, -0.2) is 19.0 Å². The van der Waals surface area contributed by atoms with Crippen molar-refractivity contribution in [3.05, 3.63) is 0 Å². The zero-order valence-corrected chi connectivity index (χ0v) is 11.5. The Morgan fingerprint density at radius 2 is 1.00 bits per heavy atom. The molecule has 0 aliphatic carbocycles. The predicted octanol–water partition coefficient (Wildman–Crippen LogP) is 5.20. The minimum Gasteiger partial charge on any atom is -0.287 e. The summed E-state index contributed by atoms with van der Waals surface area (Å²) in [6, 6.07) is 0. The summed E-state index contributed by atoms with van der Waals surface area (Å²) in [5.74, 6) is 0. The van der Waals surface area contributed by atoms with Crippen molar-refractivity contribution in [3.63, 3.8) is 0 Å². The van der Waals surface area contributed by atoms with E-state index in [2.05, 4.69) is 27.9 Å². The Balaban J connectivity index is 4.89. The highest BCUT2D eigenvalue weighted by atomic mass is 35.5. The summed E-state index contributed by atoms with van der Waals surface area (Å²) in [7, 11) is 0. The van der Waals surface area contributed by atoms with Crippen LogP contribution >= 0.6 is 81.2 Å². The number of rotatable bonds is 4. The lowest BCUT2D eigenvalue weighted by atomic mass is 10.7. The first-order valence-electron chi connectivity index (χ1n) is 2.80. The molecule has 0 aliphatic heterocycles. The molecule has 0 spiro atoms. The second kappa shape index (κ2) is 4.81. The molecule has 0 aliphatic rings. The molecular weight excluding hydrogens is 369 g/mol. The third-order valence-electron chi connectivity index (χ3n) is 0.916. The van der Waals surface area contributed by atoms with Crippen molar-refractivity contribution in [1.29, 1.82) is 0 Å². The molecule has 0 aromatic heterocycles. The number of alkyl halides is 10. The number of halogens is 10. The first kappa shape index (κ1) is 16.8. The summed E-state index contributed by atoms with van der Waals surface area (Å²) in [6.07, 6.45) is 0. The Labute approximate surface area is 118 Å². The van der Waals surface area contributed by atoms with E-state index in [9.17, 15) is 13.2 Å². The van der Waals surface area contributed by atoms with Gasteiger partial charge in [-0.1, -0.05) is 69.6 Å². The fourth-order valence-corrected chi connectivity index (χ4v) is 0.838. The van der Waals surface area contributed by atoms with Gasteiger partial charge in [0.05, 0.1) is 0 Å². The number of ether oxygens (including phenoxy) is 1. The Morgan fingerprint density at radius 3 is 1.20 bits per heavy atom. The maximum absolute atomic E-state index is 13.1. The molecule has 1 nitrogen and oxygen atoms in total. The zero-order chi connectivity index (χ0) is 12.7. The van der Waals surface area contributed by atoms with Crippen LogP contribution in [0.15, 0.2) is 0 Å². The Kier molecular flexibility index (Phi) is 5.38. The van der Waals surface area contributed by atoms with Crippen LogP contribution in [0.5, 0.6) is 0 Å². The summed E-state index contributed by atoms with van der Waals surface area (Å²) in [6.45, 7) is 0. The van der Waals surface area contributed by atoms with Gasteiger partial charge in [-0.2, -0.15) is 8.78 Å². The molecule has 0 fully saturated rings. The second-order valence-electron chi connectivity index (χ2n) is 2.13. The van der Waals surface area contributed by atoms with Crippen molar-refractivity contribution in [3.8, 4) is 0 Å². The molecule has 92 valence electrons. The maximum atomic E-state index is 13.1. The standard InChI is InChI=1S/C4Cl7F3O/c5-1(6,12)3(9,10)15-4(11,14)2(7,8)13. The Bertz CT molecular complexity index is 207. The average Bonchev–Trinajstić information content (AvgIpc) is 1.77. The molecule has 0 aromatic carbocycles. The highest BCUT2D eigenvalue weighted by molar-refractivity contribution is 6.61. The molecule has 0 saturated heterocycles. The van der Waals surface area contributed by atoms with Crippen molar-refractivity contribution in [2.45, 2.75) is 19.0 Å². The smallest absolute Gasteiger partial charge is 0.287 e. The third-order valence-corrected chi connectivity index (χ3v) is 3.53. The number of hydrogen-bond acceptors (Lipinski definition) is 1. The van der Waals surface area contributed by atoms with E-state index in [1.165, 1.54) is 0 Å². The zero-order valence-electron chi connectivity index (χ0n) is 6.19. The molecule has 15 heavy (non-hydrogen) atoms. The molecule has 1 unspecified atom stereocenters. The summed E-state index contributed by atoms with van der Waals surface area (Å²) in [5, 5.41) is -3.96. The van der Waals surface area contributed by atoms with E-state index >= 15 is 0 Å². The summed E-state index contributed by atoms with van der Waals surface area (Å²) >= 11 is 33.5. The normalized spacial score (nSPS) is 18.8. The van der Waals surface area contributed by atoms with Crippen LogP contribution in [-0.2, 0) is 4.74 Å². The fourth-order valence-electron chi connectivity index (χ4n) is 0.277. The summed E-state index contributed by atoms with van der Waals surface area (Å²) in [5.41, 5.74) is 0. The second-order valence-corrected chi connectivity index (χ2v) is 6.35. The van der Waals surface area contributed by atoms with Gasteiger partial charge in [-0.05, 0) is 11.6 Å². The molecule has 0 radical (unpaired) electrons. The lowest BCUT2D eigenvalue weighted by molar-refractivity contribution is -0.153. The van der Waals surface area contributed by atoms with Gasteiger partial charge in [-0.25, -0.2) is 4.39 Å². The van der Waals surface area contributed by atoms with E-state index in [4.69, 9.17) is 58.0 Å². The van der Waals surface area contributed by atoms with Gasteiger partial charge in [0.2, 0.25) is 0 Å². The minimum atomic E-state index is -3.96. The predicted molar refractivity (Wildman–Crippen MR) is 56.3 cm³/mol. The van der Waals surface area contributed by atoms with Crippen LogP contribution in [0.2, 0.25) is 0 Å². The van der Waals surface area contributed by atoms with Gasteiger partial charge < -0.3 is 0 Å². The lowest BCUT2D eigenvalue weighted by Crippen LogP contribution is -2.47.